The van der Waals surface area contributed by atoms with E-state index in [9.17, 15) is 28.1 Å². The van der Waals surface area contributed by atoms with Gasteiger partial charge < -0.3 is 4.74 Å². The lowest BCUT2D eigenvalue weighted by atomic mass is 10.2. The number of nitro groups is 1. The molecule has 3 aromatic carbocycles. The number of hydrogen-bond donors (Lipinski definition) is 3. The van der Waals surface area contributed by atoms with Crippen LogP contribution in [0.4, 0.5) is 11.4 Å². The summed E-state index contributed by atoms with van der Waals surface area (Å²) in [5, 5.41) is 11.0. The number of nitrogens with one attached hydrogen (secondary N) is 3. The quantitative estimate of drug-likeness (QED) is 0.327. The molecule has 0 aliphatic carbocycles. The highest BCUT2D eigenvalue weighted by atomic mass is 32.2. The van der Waals surface area contributed by atoms with E-state index in [0.29, 0.717) is 5.69 Å². The zero-order valence-corrected chi connectivity index (χ0v) is 18.7. The van der Waals surface area contributed by atoms with Crippen LogP contribution in [0.5, 0.6) is 5.75 Å². The molecule has 0 fully saturated rings. The highest BCUT2D eigenvalue weighted by molar-refractivity contribution is 7.92. The standard InChI is InChI=1S/C22H20N4O7S/c1-15-6-2-3-7-18(15)25-34(31,32)17-12-10-16(11-13-17)22(28)24-23-21(27)14-33-20-9-5-4-8-19(20)26(29)30/h2-13,25H,14H2,1H3,(H,23,27)(H,24,28). The molecule has 0 aromatic heterocycles. The fourth-order valence-electron chi connectivity index (χ4n) is 2.78. The first-order valence-corrected chi connectivity index (χ1v) is 11.3. The predicted molar refractivity (Wildman–Crippen MR) is 123 cm³/mol. The van der Waals surface area contributed by atoms with Gasteiger partial charge in [0.05, 0.1) is 15.5 Å². The van der Waals surface area contributed by atoms with Crippen LogP contribution in [-0.2, 0) is 14.8 Å². The summed E-state index contributed by atoms with van der Waals surface area (Å²) in [4.78, 5) is 34.4. The predicted octanol–water partition coefficient (Wildman–Crippen LogP) is 2.54. The Morgan fingerprint density at radius 2 is 1.59 bits per heavy atom. The highest BCUT2D eigenvalue weighted by Gasteiger charge is 2.17. The molecule has 0 unspecified atom stereocenters. The van der Waals surface area contributed by atoms with Crippen LogP contribution in [0.15, 0.2) is 77.7 Å². The van der Waals surface area contributed by atoms with E-state index in [2.05, 4.69) is 15.6 Å². The Bertz CT molecular complexity index is 1330. The largest absolute Gasteiger partial charge is 0.477 e. The number of ether oxygens (including phenoxy) is 1. The Kier molecular flexibility index (Phi) is 7.43. The molecule has 0 radical (unpaired) electrons. The summed E-state index contributed by atoms with van der Waals surface area (Å²) >= 11 is 0. The van der Waals surface area contributed by atoms with Gasteiger partial charge in [0.25, 0.3) is 21.8 Å². The molecule has 0 bridgehead atoms. The summed E-state index contributed by atoms with van der Waals surface area (Å²) in [6.45, 7) is 1.19. The number of hydrazine groups is 1. The highest BCUT2D eigenvalue weighted by Crippen LogP contribution is 2.25. The molecule has 176 valence electrons. The van der Waals surface area contributed by atoms with Crippen molar-refractivity contribution in [3.63, 3.8) is 0 Å². The monoisotopic (exact) mass is 484 g/mol. The number of nitro benzene ring substituents is 1. The topological polar surface area (TPSA) is 157 Å². The molecule has 0 aliphatic heterocycles. The number of benzene rings is 3. The van der Waals surface area contributed by atoms with E-state index < -0.39 is 33.4 Å². The van der Waals surface area contributed by atoms with Crippen LogP contribution in [0.3, 0.4) is 0 Å². The Morgan fingerprint density at radius 1 is 0.941 bits per heavy atom. The van der Waals surface area contributed by atoms with Crippen LogP contribution in [-0.4, -0.2) is 31.8 Å². The number of carbonyl (C=O) groups excluding carboxylic acids is 2. The van der Waals surface area contributed by atoms with Crippen molar-refractivity contribution in [1.82, 2.24) is 10.9 Å². The Hall–Kier alpha value is -4.45. The van der Waals surface area contributed by atoms with Crippen molar-refractivity contribution in [1.29, 1.82) is 0 Å². The Balaban J connectivity index is 1.55. The van der Waals surface area contributed by atoms with Crippen LogP contribution in [0, 0.1) is 17.0 Å². The molecule has 0 atom stereocenters. The smallest absolute Gasteiger partial charge is 0.310 e. The minimum Gasteiger partial charge on any atom is -0.477 e. The number of sulfonamides is 1. The molecule has 0 spiro atoms. The van der Waals surface area contributed by atoms with Gasteiger partial charge >= 0.3 is 5.69 Å². The van der Waals surface area contributed by atoms with E-state index >= 15 is 0 Å². The molecule has 3 rings (SSSR count). The second-order valence-electron chi connectivity index (χ2n) is 6.96. The van der Waals surface area contributed by atoms with E-state index in [-0.39, 0.29) is 21.9 Å². The van der Waals surface area contributed by atoms with Gasteiger partial charge in [-0.25, -0.2) is 8.42 Å². The zero-order chi connectivity index (χ0) is 24.7. The van der Waals surface area contributed by atoms with E-state index in [1.807, 2.05) is 0 Å². The van der Waals surface area contributed by atoms with Gasteiger partial charge in [-0.2, -0.15) is 0 Å². The van der Waals surface area contributed by atoms with Crippen molar-refractivity contribution in [2.45, 2.75) is 11.8 Å². The maximum atomic E-state index is 12.6. The first-order valence-electron chi connectivity index (χ1n) is 9.81. The average molecular weight is 484 g/mol. The summed E-state index contributed by atoms with van der Waals surface area (Å²) in [5.41, 5.74) is 5.27. The summed E-state index contributed by atoms with van der Waals surface area (Å²) in [6.07, 6.45) is 0. The Morgan fingerprint density at radius 3 is 2.26 bits per heavy atom. The van der Waals surface area contributed by atoms with Gasteiger partial charge in [-0.3, -0.25) is 35.3 Å². The number of hydrogen-bond acceptors (Lipinski definition) is 7. The molecule has 0 saturated heterocycles. The molecular weight excluding hydrogens is 464 g/mol. The van der Waals surface area contributed by atoms with Crippen LogP contribution in [0.25, 0.3) is 0 Å². The number of carbonyl (C=O) groups is 2. The van der Waals surface area contributed by atoms with E-state index in [1.165, 1.54) is 48.5 Å². The molecule has 3 aromatic rings. The SMILES string of the molecule is Cc1ccccc1NS(=O)(=O)c1ccc(C(=O)NNC(=O)COc2ccccc2[N+](=O)[O-])cc1. The third kappa shape index (κ3) is 6.07. The third-order valence-corrected chi connectivity index (χ3v) is 5.93. The van der Waals surface area contributed by atoms with Crippen molar-refractivity contribution in [3.8, 4) is 5.75 Å². The number of para-hydroxylation sites is 3. The van der Waals surface area contributed by atoms with Gasteiger partial charge in [0.1, 0.15) is 0 Å². The molecule has 12 heteroatoms. The molecule has 2 amide bonds. The van der Waals surface area contributed by atoms with Crippen molar-refractivity contribution >= 4 is 33.2 Å². The van der Waals surface area contributed by atoms with Gasteiger partial charge in [0, 0.05) is 11.6 Å². The first-order chi connectivity index (χ1) is 16.2. The van der Waals surface area contributed by atoms with Gasteiger partial charge in [0.15, 0.2) is 12.4 Å². The number of nitrogens with zero attached hydrogens (tertiary/aromatic N) is 1. The van der Waals surface area contributed by atoms with E-state index in [4.69, 9.17) is 4.74 Å². The maximum Gasteiger partial charge on any atom is 0.310 e. The van der Waals surface area contributed by atoms with Crippen molar-refractivity contribution in [2.75, 3.05) is 11.3 Å². The Labute approximate surface area is 194 Å². The molecule has 0 saturated carbocycles. The fourth-order valence-corrected chi connectivity index (χ4v) is 3.92. The third-order valence-electron chi connectivity index (χ3n) is 4.55. The lowest BCUT2D eigenvalue weighted by Gasteiger charge is -2.11. The number of aryl methyl sites for hydroxylation is 1. The van der Waals surface area contributed by atoms with Gasteiger partial charge in [-0.1, -0.05) is 30.3 Å². The summed E-state index contributed by atoms with van der Waals surface area (Å²) < 4.78 is 32.8. The normalized spacial score (nSPS) is 10.7. The molecule has 3 N–H and O–H groups in total. The summed E-state index contributed by atoms with van der Waals surface area (Å²) in [7, 11) is -3.86. The molecule has 34 heavy (non-hydrogen) atoms. The minimum absolute atomic E-state index is 0.0470. The van der Waals surface area contributed by atoms with E-state index in [0.717, 1.165) is 5.56 Å². The molecule has 0 heterocycles. The minimum atomic E-state index is -3.86. The zero-order valence-electron chi connectivity index (χ0n) is 17.8. The van der Waals surface area contributed by atoms with Gasteiger partial charge in [-0.15, -0.1) is 0 Å². The van der Waals surface area contributed by atoms with Crippen molar-refractivity contribution in [3.05, 3.63) is 94.0 Å². The molecule has 0 aliphatic rings. The average Bonchev–Trinajstić information content (AvgIpc) is 2.82. The number of anilines is 1. The molecular formula is C22H20N4O7S. The summed E-state index contributed by atoms with van der Waals surface area (Å²) in [5.74, 6) is -1.55. The van der Waals surface area contributed by atoms with Crippen molar-refractivity contribution in [2.24, 2.45) is 0 Å². The summed E-state index contributed by atoms with van der Waals surface area (Å²) in [6, 6.07) is 17.5. The maximum absolute atomic E-state index is 12.6. The second-order valence-corrected chi connectivity index (χ2v) is 8.64. The lowest BCUT2D eigenvalue weighted by Crippen LogP contribution is -2.43. The number of rotatable bonds is 8. The molecule has 11 nitrogen and oxygen atoms in total. The van der Waals surface area contributed by atoms with Gasteiger partial charge in [0.2, 0.25) is 0 Å². The first kappa shape index (κ1) is 24.2. The van der Waals surface area contributed by atoms with E-state index in [1.54, 1.807) is 31.2 Å². The van der Waals surface area contributed by atoms with Crippen molar-refractivity contribution < 1.29 is 27.7 Å². The van der Waals surface area contributed by atoms with Crippen LogP contribution in [0.2, 0.25) is 0 Å². The van der Waals surface area contributed by atoms with Crippen LogP contribution in [0.1, 0.15) is 15.9 Å². The van der Waals surface area contributed by atoms with Crippen LogP contribution >= 0.6 is 0 Å². The second kappa shape index (κ2) is 10.4. The number of amides is 2. The van der Waals surface area contributed by atoms with Crippen LogP contribution < -0.4 is 20.3 Å². The fraction of sp³-hybridized carbons (Fsp3) is 0.0909. The lowest BCUT2D eigenvalue weighted by molar-refractivity contribution is -0.385. The van der Waals surface area contributed by atoms with Gasteiger partial charge in [-0.05, 0) is 48.9 Å².